The monoisotopic (exact) mass is 249 g/mol. The van der Waals surface area contributed by atoms with Crippen molar-refractivity contribution in [2.45, 2.75) is 32.2 Å². The van der Waals surface area contributed by atoms with Gasteiger partial charge in [0.1, 0.15) is 0 Å². The minimum absolute atomic E-state index is 0.151. The molecule has 1 amide bonds. The highest BCUT2D eigenvalue weighted by Crippen LogP contribution is 2.29. The molecule has 1 unspecified atom stereocenters. The Morgan fingerprint density at radius 3 is 2.83 bits per heavy atom. The molecule has 1 heterocycles. The van der Waals surface area contributed by atoms with Crippen LogP contribution in [0.2, 0.25) is 0 Å². The molecule has 4 heteroatoms. The van der Waals surface area contributed by atoms with Crippen LogP contribution in [0, 0.1) is 0 Å². The molecule has 1 N–H and O–H groups in total. The molecule has 4 nitrogen and oxygen atoms in total. The highest BCUT2D eigenvalue weighted by Gasteiger charge is 2.21. The Labute approximate surface area is 107 Å². The van der Waals surface area contributed by atoms with Gasteiger partial charge in [-0.2, -0.15) is 0 Å². The Kier molecular flexibility index (Phi) is 4.07. The van der Waals surface area contributed by atoms with Crippen LogP contribution in [-0.2, 0) is 11.2 Å². The van der Waals surface area contributed by atoms with Gasteiger partial charge in [0, 0.05) is 12.5 Å². The van der Waals surface area contributed by atoms with E-state index < -0.39 is 0 Å². The molecule has 0 radical (unpaired) electrons. The molecule has 0 aliphatic carbocycles. The van der Waals surface area contributed by atoms with E-state index in [-0.39, 0.29) is 11.9 Å². The van der Waals surface area contributed by atoms with Gasteiger partial charge >= 0.3 is 0 Å². The molecule has 0 saturated carbocycles. The van der Waals surface area contributed by atoms with E-state index in [1.54, 1.807) is 7.11 Å². The summed E-state index contributed by atoms with van der Waals surface area (Å²) in [7, 11) is 1.63. The fourth-order valence-electron chi connectivity index (χ4n) is 2.23. The van der Waals surface area contributed by atoms with Gasteiger partial charge in [0.25, 0.3) is 0 Å². The summed E-state index contributed by atoms with van der Waals surface area (Å²) in [6.45, 7) is 2.56. The fraction of sp³-hybridized carbons (Fsp3) is 0.500. The zero-order chi connectivity index (χ0) is 13.0. The van der Waals surface area contributed by atoms with Gasteiger partial charge in [-0.15, -0.1) is 0 Å². The number of hydrogen-bond acceptors (Lipinski definition) is 3. The van der Waals surface area contributed by atoms with E-state index in [9.17, 15) is 4.79 Å². The van der Waals surface area contributed by atoms with Gasteiger partial charge in [0.2, 0.25) is 5.91 Å². The van der Waals surface area contributed by atoms with Gasteiger partial charge in [-0.1, -0.05) is 6.07 Å². The molecule has 0 aromatic heterocycles. The number of carbonyl (C=O) groups excluding carboxylic acids is 1. The Bertz CT molecular complexity index is 431. The van der Waals surface area contributed by atoms with Crippen LogP contribution in [0.3, 0.4) is 0 Å². The smallest absolute Gasteiger partial charge is 0.220 e. The van der Waals surface area contributed by atoms with Crippen molar-refractivity contribution in [2.24, 2.45) is 0 Å². The summed E-state index contributed by atoms with van der Waals surface area (Å²) in [6.07, 6.45) is 2.39. The molecular weight excluding hydrogens is 230 g/mol. The maximum absolute atomic E-state index is 11.2. The summed E-state index contributed by atoms with van der Waals surface area (Å²) < 4.78 is 10.8. The highest BCUT2D eigenvalue weighted by molar-refractivity contribution is 5.78. The molecule has 18 heavy (non-hydrogen) atoms. The fourth-order valence-corrected chi connectivity index (χ4v) is 2.23. The standard InChI is InChI=1S/C14H19NO3/c1-3-18-13-9-10(4-6-12(13)17-2)8-11-5-7-14(16)15-11/h4,6,9,11H,3,5,7-8H2,1-2H3,(H,15,16). The largest absolute Gasteiger partial charge is 0.493 e. The molecule has 1 aromatic carbocycles. The third kappa shape index (κ3) is 2.94. The van der Waals surface area contributed by atoms with Crippen LogP contribution in [0.4, 0.5) is 0 Å². The van der Waals surface area contributed by atoms with Crippen molar-refractivity contribution in [1.82, 2.24) is 5.32 Å². The van der Waals surface area contributed by atoms with Crippen molar-refractivity contribution in [1.29, 1.82) is 0 Å². The second kappa shape index (κ2) is 5.76. The zero-order valence-electron chi connectivity index (χ0n) is 10.9. The molecule has 0 bridgehead atoms. The number of benzene rings is 1. The summed E-state index contributed by atoms with van der Waals surface area (Å²) in [5, 5.41) is 2.97. The van der Waals surface area contributed by atoms with Crippen LogP contribution in [-0.4, -0.2) is 25.7 Å². The number of rotatable bonds is 5. The van der Waals surface area contributed by atoms with Crippen molar-refractivity contribution in [3.8, 4) is 11.5 Å². The van der Waals surface area contributed by atoms with E-state index in [0.717, 1.165) is 29.9 Å². The number of amides is 1. The van der Waals surface area contributed by atoms with E-state index in [2.05, 4.69) is 5.32 Å². The van der Waals surface area contributed by atoms with Crippen LogP contribution in [0.15, 0.2) is 18.2 Å². The van der Waals surface area contributed by atoms with E-state index in [1.807, 2.05) is 25.1 Å². The van der Waals surface area contributed by atoms with Gasteiger partial charge in [-0.05, 0) is 37.5 Å². The average Bonchev–Trinajstić information content (AvgIpc) is 2.76. The molecule has 1 aliphatic heterocycles. The minimum Gasteiger partial charge on any atom is -0.493 e. The molecule has 1 saturated heterocycles. The van der Waals surface area contributed by atoms with E-state index in [4.69, 9.17) is 9.47 Å². The lowest BCUT2D eigenvalue weighted by Gasteiger charge is -2.13. The van der Waals surface area contributed by atoms with E-state index in [0.29, 0.717) is 13.0 Å². The van der Waals surface area contributed by atoms with Crippen LogP contribution in [0.5, 0.6) is 11.5 Å². The topological polar surface area (TPSA) is 47.6 Å². The molecule has 1 fully saturated rings. The summed E-state index contributed by atoms with van der Waals surface area (Å²) in [4.78, 5) is 11.2. The number of nitrogens with one attached hydrogen (secondary N) is 1. The molecular formula is C14H19NO3. The summed E-state index contributed by atoms with van der Waals surface area (Å²) in [5.74, 6) is 1.66. The number of carbonyl (C=O) groups is 1. The van der Waals surface area contributed by atoms with Crippen LogP contribution < -0.4 is 14.8 Å². The molecule has 1 aromatic rings. The van der Waals surface area contributed by atoms with E-state index in [1.165, 1.54) is 0 Å². The summed E-state index contributed by atoms with van der Waals surface area (Å²) >= 11 is 0. The lowest BCUT2D eigenvalue weighted by molar-refractivity contribution is -0.119. The van der Waals surface area contributed by atoms with Gasteiger partial charge in [0.05, 0.1) is 13.7 Å². The Hall–Kier alpha value is -1.71. The predicted molar refractivity (Wildman–Crippen MR) is 69.0 cm³/mol. The first-order valence-corrected chi connectivity index (χ1v) is 6.32. The van der Waals surface area contributed by atoms with Gasteiger partial charge in [-0.3, -0.25) is 4.79 Å². The third-order valence-corrected chi connectivity index (χ3v) is 3.09. The van der Waals surface area contributed by atoms with Crippen molar-refractivity contribution in [3.63, 3.8) is 0 Å². The van der Waals surface area contributed by atoms with Crippen LogP contribution in [0.1, 0.15) is 25.3 Å². The minimum atomic E-state index is 0.151. The zero-order valence-corrected chi connectivity index (χ0v) is 10.9. The van der Waals surface area contributed by atoms with Crippen molar-refractivity contribution < 1.29 is 14.3 Å². The Morgan fingerprint density at radius 1 is 1.39 bits per heavy atom. The normalized spacial score (nSPS) is 18.6. The molecule has 2 rings (SSSR count). The first-order valence-electron chi connectivity index (χ1n) is 6.32. The number of ether oxygens (including phenoxy) is 2. The third-order valence-electron chi connectivity index (χ3n) is 3.09. The first-order chi connectivity index (χ1) is 8.72. The maximum atomic E-state index is 11.2. The molecule has 0 spiro atoms. The van der Waals surface area contributed by atoms with Crippen molar-refractivity contribution >= 4 is 5.91 Å². The second-order valence-corrected chi connectivity index (χ2v) is 4.43. The molecule has 98 valence electrons. The molecule has 1 atom stereocenters. The molecule has 1 aliphatic rings. The Balaban J connectivity index is 2.08. The maximum Gasteiger partial charge on any atom is 0.220 e. The average molecular weight is 249 g/mol. The lowest BCUT2D eigenvalue weighted by atomic mass is 10.0. The number of methoxy groups -OCH3 is 1. The van der Waals surface area contributed by atoms with Gasteiger partial charge in [0.15, 0.2) is 11.5 Å². The predicted octanol–water partition coefficient (Wildman–Crippen LogP) is 1.91. The quantitative estimate of drug-likeness (QED) is 0.867. The van der Waals surface area contributed by atoms with Crippen molar-refractivity contribution in [3.05, 3.63) is 23.8 Å². The highest BCUT2D eigenvalue weighted by atomic mass is 16.5. The number of hydrogen-bond donors (Lipinski definition) is 1. The van der Waals surface area contributed by atoms with Gasteiger partial charge in [-0.25, -0.2) is 0 Å². The van der Waals surface area contributed by atoms with Gasteiger partial charge < -0.3 is 14.8 Å². The lowest BCUT2D eigenvalue weighted by Crippen LogP contribution is -2.27. The Morgan fingerprint density at radius 2 is 2.22 bits per heavy atom. The second-order valence-electron chi connectivity index (χ2n) is 4.43. The van der Waals surface area contributed by atoms with Crippen LogP contribution in [0.25, 0.3) is 0 Å². The van der Waals surface area contributed by atoms with Crippen molar-refractivity contribution in [2.75, 3.05) is 13.7 Å². The SMILES string of the molecule is CCOc1cc(CC2CCC(=O)N2)ccc1OC. The van der Waals surface area contributed by atoms with Crippen LogP contribution >= 0.6 is 0 Å². The summed E-state index contributed by atoms with van der Waals surface area (Å²) in [6, 6.07) is 6.18. The first kappa shape index (κ1) is 12.7. The summed E-state index contributed by atoms with van der Waals surface area (Å²) in [5.41, 5.74) is 1.16. The van der Waals surface area contributed by atoms with E-state index >= 15 is 0 Å².